The van der Waals surface area contributed by atoms with E-state index in [-0.39, 0.29) is 17.5 Å². The Morgan fingerprint density at radius 2 is 1.75 bits per heavy atom. The largest absolute Gasteiger partial charge is 0.468 e. The molecule has 3 heterocycles. The van der Waals surface area contributed by atoms with Gasteiger partial charge in [0.15, 0.2) is 14.4 Å². The van der Waals surface area contributed by atoms with Crippen molar-refractivity contribution in [3.63, 3.8) is 0 Å². The van der Waals surface area contributed by atoms with Gasteiger partial charge in [-0.2, -0.15) is 0 Å². The van der Waals surface area contributed by atoms with Gasteiger partial charge in [0.1, 0.15) is 5.54 Å². The first-order valence-electron chi connectivity index (χ1n) is 13.6. The molecule has 1 aromatic carbocycles. The number of nitrogens with zero attached hydrogens (tertiary/aromatic N) is 2. The maximum Gasteiger partial charge on any atom is 0.326 e. The third-order valence-electron chi connectivity index (χ3n) is 9.15. The molecule has 11 heteroatoms. The number of anilines is 1. The Bertz CT molecular complexity index is 1200. The minimum atomic E-state index is -2.53. The third kappa shape index (κ3) is 4.52. The zero-order valence-electron chi connectivity index (χ0n) is 24.6. The van der Waals surface area contributed by atoms with Gasteiger partial charge < -0.3 is 18.8 Å². The summed E-state index contributed by atoms with van der Waals surface area (Å²) < 4.78 is 17.8. The minimum Gasteiger partial charge on any atom is -0.468 e. The number of carbonyl (C=O) groups excluding carboxylic acids is 4. The van der Waals surface area contributed by atoms with E-state index < -0.39 is 67.8 Å². The van der Waals surface area contributed by atoms with Crippen LogP contribution in [-0.4, -0.2) is 87.5 Å². The number of esters is 1. The fourth-order valence-electron chi connectivity index (χ4n) is 6.05. The summed E-state index contributed by atoms with van der Waals surface area (Å²) in [5.74, 6) is -3.74. The van der Waals surface area contributed by atoms with Crippen molar-refractivity contribution in [3.8, 4) is 0 Å². The molecule has 7 atom stereocenters. The van der Waals surface area contributed by atoms with Crippen LogP contribution in [0.15, 0.2) is 43.0 Å². The Morgan fingerprint density at radius 1 is 1.12 bits per heavy atom. The number of hydrogen-bond acceptors (Lipinski definition) is 8. The molecular formula is C29H41N3O7Si. The van der Waals surface area contributed by atoms with E-state index in [0.717, 1.165) is 4.90 Å². The molecule has 1 N–H and O–H groups in total. The maximum atomic E-state index is 14.2. The fourth-order valence-corrected chi connectivity index (χ4v) is 7.37. The summed E-state index contributed by atoms with van der Waals surface area (Å²) in [6.07, 6.45) is 0.0534. The first-order chi connectivity index (χ1) is 18.7. The van der Waals surface area contributed by atoms with Crippen LogP contribution in [0.3, 0.4) is 0 Å². The SMILES string of the molecule is C=CCN1C(=O)[C@H](OC)[C@@H]1[C@H](O[Si](C)(C)C(C)(C)C)[C@@H]1N[C@](C)(C(=O)OC)[C@@H]2C(=O)N(c3ccccc3)C(=O)[C@H]12. The van der Waals surface area contributed by atoms with Crippen molar-refractivity contribution in [2.75, 3.05) is 25.7 Å². The predicted molar refractivity (Wildman–Crippen MR) is 152 cm³/mol. The Hall–Kier alpha value is -2.86. The fraction of sp³-hybridized carbons (Fsp3) is 0.586. The summed E-state index contributed by atoms with van der Waals surface area (Å²) in [6.45, 7) is 16.1. The highest BCUT2D eigenvalue weighted by Crippen LogP contribution is 2.49. The van der Waals surface area contributed by atoms with Crippen molar-refractivity contribution in [1.82, 2.24) is 10.2 Å². The summed E-state index contributed by atoms with van der Waals surface area (Å²) in [7, 11) is 0.197. The van der Waals surface area contributed by atoms with E-state index in [1.54, 1.807) is 48.2 Å². The summed E-state index contributed by atoms with van der Waals surface area (Å²) in [5, 5.41) is 3.13. The van der Waals surface area contributed by atoms with Crippen LogP contribution in [0.5, 0.6) is 0 Å². The third-order valence-corrected chi connectivity index (χ3v) is 13.6. The molecule has 0 spiro atoms. The molecule has 0 aliphatic carbocycles. The Morgan fingerprint density at radius 3 is 2.27 bits per heavy atom. The van der Waals surface area contributed by atoms with Crippen LogP contribution in [0, 0.1) is 11.8 Å². The Labute approximate surface area is 237 Å². The van der Waals surface area contributed by atoms with E-state index in [2.05, 4.69) is 45.8 Å². The van der Waals surface area contributed by atoms with Crippen molar-refractivity contribution >= 4 is 37.7 Å². The molecule has 4 rings (SSSR count). The number of benzene rings is 1. The van der Waals surface area contributed by atoms with Crippen LogP contribution in [0.4, 0.5) is 5.69 Å². The van der Waals surface area contributed by atoms with Crippen LogP contribution in [0.2, 0.25) is 18.1 Å². The minimum absolute atomic E-state index is 0.207. The zero-order chi connectivity index (χ0) is 29.8. The van der Waals surface area contributed by atoms with Gasteiger partial charge in [0.2, 0.25) is 11.8 Å². The molecular weight excluding hydrogens is 530 g/mol. The molecule has 3 aliphatic heterocycles. The highest BCUT2D eigenvalue weighted by Gasteiger charge is 2.70. The smallest absolute Gasteiger partial charge is 0.326 e. The molecule has 40 heavy (non-hydrogen) atoms. The van der Waals surface area contributed by atoms with Gasteiger partial charge in [-0.05, 0) is 37.2 Å². The average molecular weight is 572 g/mol. The first kappa shape index (κ1) is 30.1. The van der Waals surface area contributed by atoms with Crippen LogP contribution in [0.25, 0.3) is 0 Å². The molecule has 3 saturated heterocycles. The van der Waals surface area contributed by atoms with Gasteiger partial charge in [-0.1, -0.05) is 45.0 Å². The van der Waals surface area contributed by atoms with Crippen molar-refractivity contribution < 1.29 is 33.1 Å². The van der Waals surface area contributed by atoms with Crippen LogP contribution < -0.4 is 10.2 Å². The number of amides is 3. The lowest BCUT2D eigenvalue weighted by Gasteiger charge is -2.53. The lowest BCUT2D eigenvalue weighted by Crippen LogP contribution is -2.74. The van der Waals surface area contributed by atoms with E-state index in [9.17, 15) is 19.2 Å². The van der Waals surface area contributed by atoms with E-state index in [0.29, 0.717) is 5.69 Å². The molecule has 0 saturated carbocycles. The number of para-hydroxylation sites is 1. The molecule has 3 amide bonds. The van der Waals surface area contributed by atoms with Crippen LogP contribution in [-0.2, 0) is 33.1 Å². The summed E-state index contributed by atoms with van der Waals surface area (Å²) in [4.78, 5) is 57.2. The van der Waals surface area contributed by atoms with Crippen LogP contribution >= 0.6 is 0 Å². The second kappa shape index (κ2) is 10.5. The quantitative estimate of drug-likeness (QED) is 0.158. The molecule has 3 fully saturated rings. The van der Waals surface area contributed by atoms with Gasteiger partial charge in [0.25, 0.3) is 5.91 Å². The molecule has 0 unspecified atom stereocenters. The summed E-state index contributed by atoms with van der Waals surface area (Å²) in [5.41, 5.74) is -1.07. The van der Waals surface area contributed by atoms with E-state index in [1.165, 1.54) is 14.2 Å². The van der Waals surface area contributed by atoms with E-state index in [1.807, 2.05) is 0 Å². The van der Waals surface area contributed by atoms with E-state index >= 15 is 0 Å². The predicted octanol–water partition coefficient (Wildman–Crippen LogP) is 2.50. The first-order valence-corrected chi connectivity index (χ1v) is 16.5. The second-order valence-electron chi connectivity index (χ2n) is 12.5. The number of hydrogen-bond donors (Lipinski definition) is 1. The standard InChI is InChI=1S/C29H41N3O7Si/c1-10-16-31-21(23(37-6)26(31)35)22(39-40(8,9)28(2,3)4)20-18-19(29(5,30-20)27(36)38-7)25(34)32(24(18)33)17-14-12-11-13-15-17/h10-15,18-23,30H,1,16H2,2-9H3/t18-,19-,20+,21-,22+,23+,29-/m0/s1. The number of β-lactam (4-membered cyclic amide) rings is 1. The molecule has 0 radical (unpaired) electrons. The summed E-state index contributed by atoms with van der Waals surface area (Å²) in [6, 6.07) is 7.31. The molecule has 10 nitrogen and oxygen atoms in total. The van der Waals surface area contributed by atoms with Crippen molar-refractivity contribution in [1.29, 1.82) is 0 Å². The maximum absolute atomic E-state index is 14.2. The average Bonchev–Trinajstić information content (AvgIpc) is 3.36. The zero-order valence-corrected chi connectivity index (χ0v) is 25.6. The normalized spacial score (nSPS) is 31.2. The van der Waals surface area contributed by atoms with Gasteiger partial charge >= 0.3 is 5.97 Å². The highest BCUT2D eigenvalue weighted by molar-refractivity contribution is 6.74. The lowest BCUT2D eigenvalue weighted by molar-refractivity contribution is -0.180. The Balaban J connectivity index is 1.88. The number of imide groups is 1. The van der Waals surface area contributed by atoms with Crippen LogP contribution in [0.1, 0.15) is 27.7 Å². The Kier molecular flexibility index (Phi) is 7.91. The molecule has 0 aromatic heterocycles. The molecule has 3 aliphatic rings. The topological polar surface area (TPSA) is 114 Å². The van der Waals surface area contributed by atoms with Crippen molar-refractivity contribution in [3.05, 3.63) is 43.0 Å². The molecule has 218 valence electrons. The van der Waals surface area contributed by atoms with E-state index in [4.69, 9.17) is 13.9 Å². The van der Waals surface area contributed by atoms with Crippen molar-refractivity contribution in [2.24, 2.45) is 11.8 Å². The number of nitrogens with one attached hydrogen (secondary N) is 1. The summed E-state index contributed by atoms with van der Waals surface area (Å²) >= 11 is 0. The highest BCUT2D eigenvalue weighted by atomic mass is 28.4. The number of methoxy groups -OCH3 is 2. The number of carbonyl (C=O) groups is 4. The number of ether oxygens (including phenoxy) is 2. The number of rotatable bonds is 9. The molecule has 0 bridgehead atoms. The monoisotopic (exact) mass is 571 g/mol. The second-order valence-corrected chi connectivity index (χ2v) is 17.2. The van der Waals surface area contributed by atoms with Crippen molar-refractivity contribution in [2.45, 2.75) is 75.7 Å². The van der Waals surface area contributed by atoms with Gasteiger partial charge in [-0.25, -0.2) is 4.90 Å². The van der Waals surface area contributed by atoms with Gasteiger partial charge in [0, 0.05) is 19.7 Å². The number of fused-ring (bicyclic) bond motifs is 1. The van der Waals surface area contributed by atoms with Gasteiger partial charge in [0.05, 0.1) is 36.8 Å². The van der Waals surface area contributed by atoms with Gasteiger partial charge in [-0.15, -0.1) is 6.58 Å². The lowest BCUT2D eigenvalue weighted by atomic mass is 9.78. The number of likely N-dealkylation sites (tertiary alicyclic amines) is 1. The molecule has 1 aromatic rings. The van der Waals surface area contributed by atoms with Gasteiger partial charge in [-0.3, -0.25) is 24.5 Å².